The smallest absolute Gasteiger partial charge is 0.231 e. The van der Waals surface area contributed by atoms with Crippen molar-refractivity contribution in [2.24, 2.45) is 0 Å². The van der Waals surface area contributed by atoms with Crippen molar-refractivity contribution >= 4 is 28.8 Å². The van der Waals surface area contributed by atoms with Gasteiger partial charge in [-0.15, -0.1) is 0 Å². The average molecular weight is 585 g/mol. The van der Waals surface area contributed by atoms with E-state index in [0.29, 0.717) is 44.4 Å². The lowest BCUT2D eigenvalue weighted by atomic mass is 10.1. The molecule has 1 N–H and O–H groups in total. The van der Waals surface area contributed by atoms with Gasteiger partial charge in [0.1, 0.15) is 12.4 Å². The highest BCUT2D eigenvalue weighted by atomic mass is 16.7. The van der Waals surface area contributed by atoms with E-state index in [1.807, 2.05) is 45.9 Å². The Balaban J connectivity index is 1.05. The van der Waals surface area contributed by atoms with E-state index >= 15 is 0 Å². The number of hydrogen-bond donors (Lipinski definition) is 1. The highest BCUT2D eigenvalue weighted by Crippen LogP contribution is 2.33. The molecule has 12 heteroatoms. The second-order valence-corrected chi connectivity index (χ2v) is 11.0. The second-order valence-electron chi connectivity index (χ2n) is 11.0. The molecule has 3 aliphatic heterocycles. The normalized spacial score (nSPS) is 16.8. The minimum absolute atomic E-state index is 0.221. The fourth-order valence-corrected chi connectivity index (χ4v) is 5.79. The van der Waals surface area contributed by atoms with E-state index in [1.165, 1.54) is 5.56 Å². The highest BCUT2D eigenvalue weighted by molar-refractivity contribution is 5.84. The molecule has 2 fully saturated rings. The van der Waals surface area contributed by atoms with Gasteiger partial charge >= 0.3 is 0 Å². The van der Waals surface area contributed by atoms with E-state index in [4.69, 9.17) is 24.2 Å². The van der Waals surface area contributed by atoms with Crippen molar-refractivity contribution in [2.75, 3.05) is 69.4 Å². The fourth-order valence-electron chi connectivity index (χ4n) is 5.79. The molecule has 2 aromatic carbocycles. The molecule has 0 bridgehead atoms. The summed E-state index contributed by atoms with van der Waals surface area (Å²) in [6, 6.07) is 15.9. The van der Waals surface area contributed by atoms with E-state index in [0.717, 1.165) is 74.1 Å². The molecule has 4 aromatic rings. The number of likely N-dealkylation sites (tertiary alicyclic amines) is 1. The molecule has 3 aliphatic rings. The van der Waals surface area contributed by atoms with Gasteiger partial charge < -0.3 is 33.9 Å². The summed E-state index contributed by atoms with van der Waals surface area (Å²) >= 11 is 0. The Hall–Kier alpha value is -4.58. The monoisotopic (exact) mass is 584 g/mol. The molecule has 2 saturated heterocycles. The van der Waals surface area contributed by atoms with E-state index in [1.54, 1.807) is 6.33 Å². The molecule has 0 spiro atoms. The zero-order valence-electron chi connectivity index (χ0n) is 24.2. The SMILES string of the molecule is O=C1CCCN1CCn1cnc2c(NCCOc3ccccc3)nc(N3CCN(Cc4ccc5c(c4)OCO5)CC3)nc21. The molecule has 7 rings (SSSR count). The number of anilines is 2. The third kappa shape index (κ3) is 6.14. The van der Waals surface area contributed by atoms with Gasteiger partial charge in [-0.1, -0.05) is 24.3 Å². The second kappa shape index (κ2) is 12.3. The maximum Gasteiger partial charge on any atom is 0.231 e. The molecule has 0 radical (unpaired) electrons. The Bertz CT molecular complexity index is 1570. The maximum absolute atomic E-state index is 12.2. The van der Waals surface area contributed by atoms with Gasteiger partial charge in [0.25, 0.3) is 0 Å². The summed E-state index contributed by atoms with van der Waals surface area (Å²) in [4.78, 5) is 33.4. The fraction of sp³-hybridized carbons (Fsp3) is 0.419. The molecule has 224 valence electrons. The number of benzene rings is 2. The lowest BCUT2D eigenvalue weighted by molar-refractivity contribution is -0.127. The number of aromatic nitrogens is 4. The van der Waals surface area contributed by atoms with Crippen molar-refractivity contribution in [1.82, 2.24) is 29.3 Å². The molecule has 1 amide bonds. The molecule has 12 nitrogen and oxygen atoms in total. The Morgan fingerprint density at radius 3 is 2.63 bits per heavy atom. The summed E-state index contributed by atoms with van der Waals surface area (Å²) in [5.41, 5.74) is 2.70. The van der Waals surface area contributed by atoms with E-state index in [-0.39, 0.29) is 12.7 Å². The number of nitrogens with zero attached hydrogens (tertiary/aromatic N) is 7. The van der Waals surface area contributed by atoms with Gasteiger partial charge in [0, 0.05) is 58.8 Å². The zero-order valence-corrected chi connectivity index (χ0v) is 24.2. The van der Waals surface area contributed by atoms with Crippen LogP contribution in [0.15, 0.2) is 54.9 Å². The van der Waals surface area contributed by atoms with Crippen LogP contribution in [0.25, 0.3) is 11.2 Å². The lowest BCUT2D eigenvalue weighted by Gasteiger charge is -2.34. The van der Waals surface area contributed by atoms with Gasteiger partial charge in [-0.2, -0.15) is 9.97 Å². The number of imidazole rings is 1. The molecule has 0 unspecified atom stereocenters. The standard InChI is InChI=1S/C31H36N8O4/c40-27-7-4-11-37(27)16-17-39-21-33-28-29(32-10-18-41-24-5-2-1-3-6-24)34-31(35-30(28)39)38-14-12-36(13-15-38)20-23-8-9-25-26(19-23)43-22-42-25/h1-3,5-6,8-9,19,21H,4,7,10-18,20,22H2,(H,32,34,35). The lowest BCUT2D eigenvalue weighted by Crippen LogP contribution is -2.46. The van der Waals surface area contributed by atoms with Crippen LogP contribution in [0.3, 0.4) is 0 Å². The zero-order chi connectivity index (χ0) is 29.0. The summed E-state index contributed by atoms with van der Waals surface area (Å²) in [7, 11) is 0. The molecule has 2 aromatic heterocycles. The van der Waals surface area contributed by atoms with Crippen molar-refractivity contribution in [1.29, 1.82) is 0 Å². The van der Waals surface area contributed by atoms with E-state index in [9.17, 15) is 4.79 Å². The van der Waals surface area contributed by atoms with Gasteiger partial charge in [0.05, 0.1) is 12.9 Å². The molecule has 0 atom stereocenters. The number of rotatable bonds is 11. The summed E-state index contributed by atoms with van der Waals surface area (Å²) in [6.45, 7) is 7.69. The summed E-state index contributed by atoms with van der Waals surface area (Å²) in [5.74, 6) is 4.05. The Morgan fingerprint density at radius 1 is 0.930 bits per heavy atom. The van der Waals surface area contributed by atoms with Crippen LogP contribution in [0.5, 0.6) is 17.2 Å². The number of fused-ring (bicyclic) bond motifs is 2. The molecule has 5 heterocycles. The number of ether oxygens (including phenoxy) is 3. The quantitative estimate of drug-likeness (QED) is 0.264. The molecule has 0 saturated carbocycles. The van der Waals surface area contributed by atoms with Gasteiger partial charge in [-0.05, 0) is 36.2 Å². The number of piperazine rings is 1. The summed E-state index contributed by atoms with van der Waals surface area (Å²) in [5, 5.41) is 3.44. The molecular weight excluding hydrogens is 548 g/mol. The molecular formula is C31H36N8O4. The van der Waals surface area contributed by atoms with Gasteiger partial charge in [0.15, 0.2) is 28.5 Å². The van der Waals surface area contributed by atoms with Crippen molar-refractivity contribution in [3.05, 3.63) is 60.4 Å². The number of amides is 1. The van der Waals surface area contributed by atoms with Crippen LogP contribution in [0, 0.1) is 0 Å². The van der Waals surface area contributed by atoms with Crippen LogP contribution >= 0.6 is 0 Å². The number of para-hydroxylation sites is 1. The van der Waals surface area contributed by atoms with Gasteiger partial charge in [-0.3, -0.25) is 9.69 Å². The predicted molar refractivity (Wildman–Crippen MR) is 162 cm³/mol. The number of carbonyl (C=O) groups is 1. The van der Waals surface area contributed by atoms with Crippen molar-refractivity contribution in [2.45, 2.75) is 25.9 Å². The van der Waals surface area contributed by atoms with Crippen molar-refractivity contribution in [3.63, 3.8) is 0 Å². The van der Waals surface area contributed by atoms with E-state index in [2.05, 4.69) is 32.2 Å². The van der Waals surface area contributed by atoms with E-state index < -0.39 is 0 Å². The minimum Gasteiger partial charge on any atom is -0.492 e. The van der Waals surface area contributed by atoms with Crippen molar-refractivity contribution in [3.8, 4) is 17.2 Å². The Morgan fingerprint density at radius 2 is 1.79 bits per heavy atom. The van der Waals surface area contributed by atoms with Crippen LogP contribution in [0.4, 0.5) is 11.8 Å². The molecule has 0 aliphatic carbocycles. The van der Waals surface area contributed by atoms with Gasteiger partial charge in [-0.25, -0.2) is 4.98 Å². The van der Waals surface area contributed by atoms with Crippen LogP contribution < -0.4 is 24.4 Å². The van der Waals surface area contributed by atoms with Crippen molar-refractivity contribution < 1.29 is 19.0 Å². The maximum atomic E-state index is 12.2. The average Bonchev–Trinajstić information content (AvgIpc) is 3.79. The highest BCUT2D eigenvalue weighted by Gasteiger charge is 2.24. The first-order chi connectivity index (χ1) is 21.2. The number of hydrogen-bond acceptors (Lipinski definition) is 10. The first-order valence-electron chi connectivity index (χ1n) is 15.0. The topological polar surface area (TPSA) is 110 Å². The minimum atomic E-state index is 0.221. The van der Waals surface area contributed by atoms with Crippen LogP contribution in [-0.2, 0) is 17.9 Å². The van der Waals surface area contributed by atoms with Crippen LogP contribution in [-0.4, -0.2) is 94.4 Å². The number of nitrogens with one attached hydrogen (secondary N) is 1. The Kier molecular flexibility index (Phi) is 7.82. The van der Waals surface area contributed by atoms with Crippen LogP contribution in [0.2, 0.25) is 0 Å². The number of carbonyl (C=O) groups excluding carboxylic acids is 1. The summed E-state index contributed by atoms with van der Waals surface area (Å²) < 4.78 is 18.9. The largest absolute Gasteiger partial charge is 0.492 e. The third-order valence-corrected chi connectivity index (χ3v) is 8.14. The predicted octanol–water partition coefficient (Wildman–Crippen LogP) is 2.99. The first kappa shape index (κ1) is 27.3. The summed E-state index contributed by atoms with van der Waals surface area (Å²) in [6.07, 6.45) is 3.37. The molecule has 43 heavy (non-hydrogen) atoms. The van der Waals surface area contributed by atoms with Gasteiger partial charge in [0.2, 0.25) is 18.6 Å². The third-order valence-electron chi connectivity index (χ3n) is 8.14. The van der Waals surface area contributed by atoms with Crippen LogP contribution in [0.1, 0.15) is 18.4 Å². The first-order valence-corrected chi connectivity index (χ1v) is 15.0. The Labute approximate surface area is 250 Å².